The van der Waals surface area contributed by atoms with Gasteiger partial charge in [0.1, 0.15) is 26.2 Å². The molecule has 0 saturated carbocycles. The molecule has 2 fully saturated rings. The van der Waals surface area contributed by atoms with Gasteiger partial charge in [-0.3, -0.25) is 4.57 Å². The number of rotatable bonds is 2. The van der Waals surface area contributed by atoms with Crippen LogP contribution >= 0.6 is 7.82 Å². The minimum Gasteiger partial charge on any atom is -0.756 e. The Kier molecular flexibility index (Phi) is 2.72. The van der Waals surface area contributed by atoms with E-state index in [1.165, 1.54) is 7.11 Å². The standard InChI is InChI=1S/C6H10BO6P/c1-10-2-3-4-5(6(7)11-3)13-14(8,9)12-4/h3-6H,2H2,1H3,(H,8,9)/p-1/t3-,4+,5?,6-/m1/s1. The highest BCUT2D eigenvalue weighted by atomic mass is 31.2. The largest absolute Gasteiger partial charge is 0.756 e. The highest BCUT2D eigenvalue weighted by molar-refractivity contribution is 7.46. The second kappa shape index (κ2) is 3.59. The van der Waals surface area contributed by atoms with Gasteiger partial charge in [0.2, 0.25) is 0 Å². The van der Waals surface area contributed by atoms with Gasteiger partial charge in [0.25, 0.3) is 7.82 Å². The van der Waals surface area contributed by atoms with Crippen molar-refractivity contribution in [3.63, 3.8) is 0 Å². The van der Waals surface area contributed by atoms with Gasteiger partial charge in [0.15, 0.2) is 0 Å². The third kappa shape index (κ3) is 1.76. The van der Waals surface area contributed by atoms with Crippen LogP contribution in [0.15, 0.2) is 0 Å². The smallest absolute Gasteiger partial charge is 0.268 e. The molecule has 0 aromatic rings. The SMILES string of the molecule is [B][C@@H]1O[C@H](COC)[C@@H]2OP(=O)([O-])OC12. The van der Waals surface area contributed by atoms with E-state index >= 15 is 0 Å². The number of ether oxygens (including phenoxy) is 2. The Balaban J connectivity index is 2.10. The first-order chi connectivity index (χ1) is 6.53. The van der Waals surface area contributed by atoms with E-state index in [0.717, 1.165) is 0 Å². The van der Waals surface area contributed by atoms with Gasteiger partial charge in [0.05, 0.1) is 6.61 Å². The Hall–Kier alpha value is 0.0949. The fraction of sp³-hybridized carbons (Fsp3) is 1.00. The normalized spacial score (nSPS) is 52.1. The lowest BCUT2D eigenvalue weighted by molar-refractivity contribution is -0.220. The zero-order valence-electron chi connectivity index (χ0n) is 7.49. The van der Waals surface area contributed by atoms with Gasteiger partial charge >= 0.3 is 0 Å². The van der Waals surface area contributed by atoms with Gasteiger partial charge in [-0.1, -0.05) is 0 Å². The van der Waals surface area contributed by atoms with E-state index in [-0.39, 0.29) is 6.61 Å². The Labute approximate surface area is 82.5 Å². The molecule has 2 radical (unpaired) electrons. The van der Waals surface area contributed by atoms with Gasteiger partial charge < -0.3 is 23.4 Å². The van der Waals surface area contributed by atoms with Crippen molar-refractivity contribution in [2.24, 2.45) is 0 Å². The van der Waals surface area contributed by atoms with E-state index < -0.39 is 32.1 Å². The van der Waals surface area contributed by atoms with Crippen molar-refractivity contribution in [1.29, 1.82) is 0 Å². The molecule has 0 spiro atoms. The highest BCUT2D eigenvalue weighted by Crippen LogP contribution is 2.53. The van der Waals surface area contributed by atoms with Crippen LogP contribution in [0.5, 0.6) is 0 Å². The first-order valence-electron chi connectivity index (χ1n) is 4.11. The van der Waals surface area contributed by atoms with Crippen LogP contribution in [0.3, 0.4) is 0 Å². The number of fused-ring (bicyclic) bond motifs is 1. The summed E-state index contributed by atoms with van der Waals surface area (Å²) < 4.78 is 30.4. The Bertz CT molecular complexity index is 273. The summed E-state index contributed by atoms with van der Waals surface area (Å²) in [4.78, 5) is 11.0. The van der Waals surface area contributed by atoms with Crippen LogP contribution in [0.25, 0.3) is 0 Å². The predicted molar refractivity (Wildman–Crippen MR) is 43.6 cm³/mol. The third-order valence-electron chi connectivity index (χ3n) is 2.18. The molecular formula is C6H9BO6P-. The molecule has 0 N–H and O–H groups in total. The number of methoxy groups -OCH3 is 1. The van der Waals surface area contributed by atoms with Crippen molar-refractivity contribution in [3.05, 3.63) is 0 Å². The molecule has 0 aromatic carbocycles. The lowest BCUT2D eigenvalue weighted by Crippen LogP contribution is -2.31. The first kappa shape index (κ1) is 10.6. The van der Waals surface area contributed by atoms with Crippen LogP contribution in [0.4, 0.5) is 0 Å². The average molecular weight is 219 g/mol. The molecule has 2 heterocycles. The van der Waals surface area contributed by atoms with Gasteiger partial charge in [-0.05, 0) is 0 Å². The summed E-state index contributed by atoms with van der Waals surface area (Å²) in [5.41, 5.74) is 0. The predicted octanol–water partition coefficient (Wildman–Crippen LogP) is -1.22. The lowest BCUT2D eigenvalue weighted by Gasteiger charge is -2.20. The van der Waals surface area contributed by atoms with Crippen LogP contribution in [-0.4, -0.2) is 45.9 Å². The van der Waals surface area contributed by atoms with Crippen molar-refractivity contribution in [1.82, 2.24) is 0 Å². The second-order valence-electron chi connectivity index (χ2n) is 3.18. The maximum Gasteiger partial charge on any atom is 0.268 e. The quantitative estimate of drug-likeness (QED) is 0.427. The Morgan fingerprint density at radius 2 is 2.14 bits per heavy atom. The van der Waals surface area contributed by atoms with Crippen LogP contribution < -0.4 is 4.89 Å². The molecule has 14 heavy (non-hydrogen) atoms. The molecule has 5 atom stereocenters. The molecule has 8 heteroatoms. The van der Waals surface area contributed by atoms with Gasteiger partial charge in [0, 0.05) is 13.1 Å². The van der Waals surface area contributed by atoms with Crippen LogP contribution in [0.2, 0.25) is 0 Å². The van der Waals surface area contributed by atoms with Crippen molar-refractivity contribution in [3.8, 4) is 0 Å². The van der Waals surface area contributed by atoms with Crippen molar-refractivity contribution in [2.75, 3.05) is 13.7 Å². The number of phosphoric ester groups is 1. The van der Waals surface area contributed by atoms with Gasteiger partial charge in [-0.2, -0.15) is 0 Å². The van der Waals surface area contributed by atoms with E-state index in [0.29, 0.717) is 0 Å². The Morgan fingerprint density at radius 1 is 1.50 bits per heavy atom. The molecule has 2 rings (SSSR count). The minimum absolute atomic E-state index is 0.220. The maximum absolute atomic E-state index is 11.0. The fourth-order valence-electron chi connectivity index (χ4n) is 1.62. The topological polar surface area (TPSA) is 77.1 Å². The van der Waals surface area contributed by atoms with Crippen LogP contribution in [0, 0.1) is 0 Å². The monoisotopic (exact) mass is 219 g/mol. The molecule has 78 valence electrons. The molecule has 2 aliphatic rings. The summed E-state index contributed by atoms with van der Waals surface area (Å²) >= 11 is 0. The zero-order valence-corrected chi connectivity index (χ0v) is 8.38. The second-order valence-corrected chi connectivity index (χ2v) is 4.50. The summed E-state index contributed by atoms with van der Waals surface area (Å²) in [7, 11) is 2.82. The third-order valence-corrected chi connectivity index (χ3v) is 3.18. The molecule has 2 aliphatic heterocycles. The average Bonchev–Trinajstić information content (AvgIpc) is 2.51. The summed E-state index contributed by atoms with van der Waals surface area (Å²) in [6.45, 7) is 0.220. The summed E-state index contributed by atoms with van der Waals surface area (Å²) in [6.07, 6.45) is -1.93. The molecule has 0 aliphatic carbocycles. The first-order valence-corrected chi connectivity index (χ1v) is 5.57. The fourth-order valence-corrected chi connectivity index (χ4v) is 2.77. The van der Waals surface area contributed by atoms with Crippen LogP contribution in [0.1, 0.15) is 0 Å². The van der Waals surface area contributed by atoms with E-state index in [2.05, 4.69) is 4.52 Å². The van der Waals surface area contributed by atoms with Gasteiger partial charge in [-0.15, -0.1) is 0 Å². The molecule has 2 saturated heterocycles. The molecule has 0 amide bonds. The number of hydrogen-bond acceptors (Lipinski definition) is 6. The summed E-state index contributed by atoms with van der Waals surface area (Å²) in [5, 5.41) is 0. The molecule has 6 nitrogen and oxygen atoms in total. The summed E-state index contributed by atoms with van der Waals surface area (Å²) in [5.74, 6) is 0. The van der Waals surface area contributed by atoms with E-state index in [1.807, 2.05) is 0 Å². The van der Waals surface area contributed by atoms with E-state index in [9.17, 15) is 9.46 Å². The van der Waals surface area contributed by atoms with Gasteiger partial charge in [-0.25, -0.2) is 0 Å². The van der Waals surface area contributed by atoms with Crippen molar-refractivity contribution >= 4 is 15.7 Å². The van der Waals surface area contributed by atoms with Crippen molar-refractivity contribution < 1.29 is 28.0 Å². The maximum atomic E-state index is 11.0. The number of phosphoric acid groups is 1. The molecular weight excluding hydrogens is 210 g/mol. The molecule has 0 aromatic heterocycles. The van der Waals surface area contributed by atoms with E-state index in [1.54, 1.807) is 0 Å². The van der Waals surface area contributed by atoms with Crippen molar-refractivity contribution in [2.45, 2.75) is 24.3 Å². The molecule has 0 bridgehead atoms. The molecule has 2 unspecified atom stereocenters. The van der Waals surface area contributed by atoms with Crippen LogP contribution in [-0.2, 0) is 23.1 Å². The van der Waals surface area contributed by atoms with E-state index in [4.69, 9.17) is 21.8 Å². The zero-order chi connectivity index (χ0) is 10.3. The highest BCUT2D eigenvalue weighted by Gasteiger charge is 2.51. The minimum atomic E-state index is -4.18. The number of hydrogen-bond donors (Lipinski definition) is 0. The summed E-state index contributed by atoms with van der Waals surface area (Å²) in [6, 6.07) is -0.787. The Morgan fingerprint density at radius 3 is 2.79 bits per heavy atom. The lowest BCUT2D eigenvalue weighted by atomic mass is 9.93.